The summed E-state index contributed by atoms with van der Waals surface area (Å²) >= 11 is 8.69. The van der Waals surface area contributed by atoms with E-state index >= 15 is 0 Å². The number of halogens is 2. The molecule has 0 unspecified atom stereocenters. The minimum atomic E-state index is 0.808. The van der Waals surface area contributed by atoms with Gasteiger partial charge >= 0.3 is 0 Å². The van der Waals surface area contributed by atoms with E-state index in [1.54, 1.807) is 18.4 Å². The molecule has 0 bridgehead atoms. The number of nitrogens with zero attached hydrogens (tertiary/aromatic N) is 1. The van der Waals surface area contributed by atoms with Crippen LogP contribution < -0.4 is 4.74 Å². The fraction of sp³-hybridized carbons (Fsp3) is 0.0714. The fourth-order valence-electron chi connectivity index (χ4n) is 1.91. The Morgan fingerprint density at radius 1 is 1.16 bits per heavy atom. The van der Waals surface area contributed by atoms with Crippen LogP contribution in [0.25, 0.3) is 20.8 Å². The highest BCUT2D eigenvalue weighted by molar-refractivity contribution is 9.11. The molecule has 0 saturated heterocycles. The molecule has 96 valence electrons. The van der Waals surface area contributed by atoms with Crippen LogP contribution in [0.5, 0.6) is 5.75 Å². The van der Waals surface area contributed by atoms with Gasteiger partial charge in [0.25, 0.3) is 0 Å². The van der Waals surface area contributed by atoms with Gasteiger partial charge < -0.3 is 4.74 Å². The third-order valence-electron chi connectivity index (χ3n) is 2.74. The summed E-state index contributed by atoms with van der Waals surface area (Å²) in [6.45, 7) is 0. The van der Waals surface area contributed by atoms with Gasteiger partial charge in [-0.1, -0.05) is 28.1 Å². The van der Waals surface area contributed by atoms with Gasteiger partial charge in [-0.05, 0) is 40.2 Å². The Morgan fingerprint density at radius 3 is 2.68 bits per heavy atom. The molecule has 3 aromatic rings. The summed E-state index contributed by atoms with van der Waals surface area (Å²) in [6.07, 6.45) is 0. The van der Waals surface area contributed by atoms with Crippen molar-refractivity contribution < 1.29 is 4.74 Å². The predicted molar refractivity (Wildman–Crippen MR) is 87.0 cm³/mol. The number of aromatic nitrogens is 1. The summed E-state index contributed by atoms with van der Waals surface area (Å²) in [5, 5.41) is 0.958. The summed E-state index contributed by atoms with van der Waals surface area (Å²) in [7, 11) is 1.67. The summed E-state index contributed by atoms with van der Waals surface area (Å²) in [5.41, 5.74) is 2.01. The number of benzene rings is 2. The Morgan fingerprint density at radius 2 is 1.95 bits per heavy atom. The van der Waals surface area contributed by atoms with E-state index in [-0.39, 0.29) is 0 Å². The predicted octanol–water partition coefficient (Wildman–Crippen LogP) is 5.50. The molecule has 0 fully saturated rings. The van der Waals surface area contributed by atoms with Crippen LogP contribution in [0.1, 0.15) is 0 Å². The second-order valence-corrected chi connectivity index (χ2v) is 6.76. The second-order valence-electron chi connectivity index (χ2n) is 3.96. The standard InChI is InChI=1S/C14H9Br2NOS/c1-18-13-9(6-8(15)7-10(13)16)14-17-11-4-2-3-5-12(11)19-14/h2-7H,1H3. The number of ether oxygens (including phenoxy) is 1. The first-order valence-electron chi connectivity index (χ1n) is 5.58. The van der Waals surface area contributed by atoms with Gasteiger partial charge in [0, 0.05) is 4.47 Å². The van der Waals surface area contributed by atoms with E-state index in [0.717, 1.165) is 30.8 Å². The lowest BCUT2D eigenvalue weighted by molar-refractivity contribution is 0.413. The Kier molecular flexibility index (Phi) is 3.60. The Bertz CT molecular complexity index is 721. The van der Waals surface area contributed by atoms with Crippen LogP contribution in [0.15, 0.2) is 45.3 Å². The fourth-order valence-corrected chi connectivity index (χ4v) is 4.28. The average molecular weight is 399 g/mol. The minimum Gasteiger partial charge on any atom is -0.495 e. The maximum atomic E-state index is 5.48. The van der Waals surface area contributed by atoms with Crippen LogP contribution in [0.2, 0.25) is 0 Å². The van der Waals surface area contributed by atoms with Crippen molar-refractivity contribution in [2.75, 3.05) is 7.11 Å². The summed E-state index contributed by atoms with van der Waals surface area (Å²) in [5.74, 6) is 0.808. The Balaban J connectivity index is 2.25. The summed E-state index contributed by atoms with van der Waals surface area (Å²) < 4.78 is 8.57. The van der Waals surface area contributed by atoms with Gasteiger partial charge in [-0.2, -0.15) is 0 Å². The highest BCUT2D eigenvalue weighted by Gasteiger charge is 2.14. The van der Waals surface area contributed by atoms with Crippen molar-refractivity contribution in [2.45, 2.75) is 0 Å². The summed E-state index contributed by atoms with van der Waals surface area (Å²) in [4.78, 5) is 4.67. The van der Waals surface area contributed by atoms with Gasteiger partial charge in [0.05, 0.1) is 27.4 Å². The topological polar surface area (TPSA) is 22.1 Å². The van der Waals surface area contributed by atoms with E-state index in [0.29, 0.717) is 0 Å². The van der Waals surface area contributed by atoms with Crippen LogP contribution >= 0.6 is 43.2 Å². The molecule has 0 aliphatic heterocycles. The van der Waals surface area contributed by atoms with Crippen LogP contribution in [0.4, 0.5) is 0 Å². The largest absolute Gasteiger partial charge is 0.495 e. The zero-order valence-electron chi connectivity index (χ0n) is 9.98. The monoisotopic (exact) mass is 397 g/mol. The Hall–Kier alpha value is -0.910. The zero-order chi connectivity index (χ0) is 13.4. The molecule has 0 saturated carbocycles. The van der Waals surface area contributed by atoms with Crippen LogP contribution in [0.3, 0.4) is 0 Å². The molecule has 0 spiro atoms. The molecule has 1 heterocycles. The molecule has 3 rings (SSSR count). The first-order chi connectivity index (χ1) is 9.19. The third kappa shape index (κ3) is 2.42. The molecule has 0 atom stereocenters. The van der Waals surface area contributed by atoms with E-state index in [1.165, 1.54) is 4.70 Å². The van der Waals surface area contributed by atoms with Crippen LogP contribution in [-0.4, -0.2) is 12.1 Å². The van der Waals surface area contributed by atoms with Crippen LogP contribution in [-0.2, 0) is 0 Å². The highest BCUT2D eigenvalue weighted by atomic mass is 79.9. The third-order valence-corrected chi connectivity index (χ3v) is 4.85. The molecule has 0 amide bonds. The van der Waals surface area contributed by atoms with E-state index < -0.39 is 0 Å². The normalized spacial score (nSPS) is 10.9. The number of para-hydroxylation sites is 1. The first kappa shape index (κ1) is 13.1. The molecule has 0 N–H and O–H groups in total. The number of thiazole rings is 1. The zero-order valence-corrected chi connectivity index (χ0v) is 14.0. The van der Waals surface area contributed by atoms with Crippen molar-refractivity contribution in [3.05, 3.63) is 45.3 Å². The van der Waals surface area contributed by atoms with E-state index in [2.05, 4.69) is 42.9 Å². The number of rotatable bonds is 2. The molecule has 2 nitrogen and oxygen atoms in total. The Labute approximate surface area is 131 Å². The second kappa shape index (κ2) is 5.23. The van der Waals surface area contributed by atoms with Crippen molar-refractivity contribution in [3.63, 3.8) is 0 Å². The SMILES string of the molecule is COc1c(Br)cc(Br)cc1-c1nc2ccccc2s1. The van der Waals surface area contributed by atoms with Crippen molar-refractivity contribution in [3.8, 4) is 16.3 Å². The van der Waals surface area contributed by atoms with E-state index in [4.69, 9.17) is 4.74 Å². The van der Waals surface area contributed by atoms with Gasteiger partial charge in [-0.25, -0.2) is 4.98 Å². The lowest BCUT2D eigenvalue weighted by atomic mass is 10.2. The number of methoxy groups -OCH3 is 1. The van der Waals surface area contributed by atoms with Gasteiger partial charge in [0.2, 0.25) is 0 Å². The van der Waals surface area contributed by atoms with E-state index in [1.807, 2.05) is 30.3 Å². The summed E-state index contributed by atoms with van der Waals surface area (Å²) in [6, 6.07) is 12.1. The minimum absolute atomic E-state index is 0.808. The van der Waals surface area contributed by atoms with Crippen molar-refractivity contribution in [1.82, 2.24) is 4.98 Å². The number of hydrogen-bond acceptors (Lipinski definition) is 3. The highest BCUT2D eigenvalue weighted by Crippen LogP contribution is 2.41. The lowest BCUT2D eigenvalue weighted by Crippen LogP contribution is -1.89. The van der Waals surface area contributed by atoms with Gasteiger partial charge in [-0.3, -0.25) is 0 Å². The van der Waals surface area contributed by atoms with Crippen LogP contribution in [0, 0.1) is 0 Å². The average Bonchev–Trinajstić information content (AvgIpc) is 2.81. The van der Waals surface area contributed by atoms with Gasteiger partial charge in [0.15, 0.2) is 0 Å². The maximum absolute atomic E-state index is 5.48. The smallest absolute Gasteiger partial charge is 0.143 e. The molecule has 5 heteroatoms. The van der Waals surface area contributed by atoms with Crippen molar-refractivity contribution in [1.29, 1.82) is 0 Å². The first-order valence-corrected chi connectivity index (χ1v) is 7.98. The van der Waals surface area contributed by atoms with Gasteiger partial charge in [-0.15, -0.1) is 11.3 Å². The number of fused-ring (bicyclic) bond motifs is 1. The quantitative estimate of drug-likeness (QED) is 0.568. The molecule has 1 aromatic heterocycles. The molecule has 0 radical (unpaired) electrons. The molecule has 0 aliphatic carbocycles. The maximum Gasteiger partial charge on any atom is 0.143 e. The van der Waals surface area contributed by atoms with Crippen molar-refractivity contribution >= 4 is 53.4 Å². The molecule has 19 heavy (non-hydrogen) atoms. The molecule has 0 aliphatic rings. The molecule has 2 aromatic carbocycles. The molecular weight excluding hydrogens is 390 g/mol. The number of hydrogen-bond donors (Lipinski definition) is 0. The van der Waals surface area contributed by atoms with E-state index in [9.17, 15) is 0 Å². The van der Waals surface area contributed by atoms with Gasteiger partial charge in [0.1, 0.15) is 10.8 Å². The van der Waals surface area contributed by atoms with Crippen molar-refractivity contribution in [2.24, 2.45) is 0 Å². The molecular formula is C14H9Br2NOS. The lowest BCUT2D eigenvalue weighted by Gasteiger charge is -2.09.